The van der Waals surface area contributed by atoms with Crippen molar-refractivity contribution in [2.24, 2.45) is 0 Å². The van der Waals surface area contributed by atoms with Gasteiger partial charge in [0.15, 0.2) is 5.76 Å². The highest BCUT2D eigenvalue weighted by molar-refractivity contribution is 6.06. The minimum atomic E-state index is -0.151. The number of fused-ring (bicyclic) bond motifs is 2. The second-order valence-corrected chi connectivity index (χ2v) is 7.91. The summed E-state index contributed by atoms with van der Waals surface area (Å²) >= 11 is 0. The average molecular weight is 432 g/mol. The summed E-state index contributed by atoms with van der Waals surface area (Å²) in [4.78, 5) is 22.0. The van der Waals surface area contributed by atoms with Crippen molar-refractivity contribution in [1.82, 2.24) is 15.0 Å². The first-order chi connectivity index (χ1) is 15.5. The Kier molecular flexibility index (Phi) is 5.05. The standard InChI is InChI=1S/C24H24N4O4/c1-4-28-14-16(31-21-9-6-5-8-19(21)28)13-27(3)24(29)17-12-18(20-10-7-11-30-20)25-23-22(17)15(2)26-32-23/h5-12,16H,4,13-14H2,1-3H3/t16-/m0/s1. The number of ether oxygens (including phenoxy) is 1. The molecule has 1 atom stereocenters. The zero-order valence-corrected chi connectivity index (χ0v) is 18.2. The van der Waals surface area contributed by atoms with E-state index in [4.69, 9.17) is 13.7 Å². The van der Waals surface area contributed by atoms with Crippen LogP contribution in [0.25, 0.3) is 22.6 Å². The van der Waals surface area contributed by atoms with Crippen molar-refractivity contribution in [1.29, 1.82) is 0 Å². The number of hydrogen-bond acceptors (Lipinski definition) is 7. The Bertz CT molecular complexity index is 1260. The molecule has 5 rings (SSSR count). The minimum Gasteiger partial charge on any atom is -0.485 e. The first-order valence-corrected chi connectivity index (χ1v) is 10.6. The van der Waals surface area contributed by atoms with E-state index >= 15 is 0 Å². The number of pyridine rings is 1. The lowest BCUT2D eigenvalue weighted by Crippen LogP contribution is -2.46. The molecule has 0 fully saturated rings. The molecule has 0 bridgehead atoms. The fourth-order valence-corrected chi connectivity index (χ4v) is 4.18. The molecule has 0 spiro atoms. The molecule has 0 radical (unpaired) electrons. The smallest absolute Gasteiger partial charge is 0.259 e. The second-order valence-electron chi connectivity index (χ2n) is 7.91. The van der Waals surface area contributed by atoms with Crippen molar-refractivity contribution >= 4 is 22.7 Å². The summed E-state index contributed by atoms with van der Waals surface area (Å²) in [6.45, 7) is 5.93. The van der Waals surface area contributed by atoms with Crippen molar-refractivity contribution < 1.29 is 18.5 Å². The largest absolute Gasteiger partial charge is 0.485 e. The highest BCUT2D eigenvalue weighted by Gasteiger charge is 2.28. The molecule has 1 aromatic carbocycles. The number of amides is 1. The van der Waals surface area contributed by atoms with Crippen molar-refractivity contribution in [3.05, 3.63) is 60.0 Å². The van der Waals surface area contributed by atoms with Crippen LogP contribution >= 0.6 is 0 Å². The quantitative estimate of drug-likeness (QED) is 0.468. The molecule has 0 unspecified atom stereocenters. The monoisotopic (exact) mass is 432 g/mol. The normalized spacial score (nSPS) is 15.5. The number of aryl methyl sites for hydroxylation is 1. The van der Waals surface area contributed by atoms with E-state index in [0.717, 1.165) is 18.0 Å². The number of carbonyl (C=O) groups is 1. The zero-order chi connectivity index (χ0) is 22.2. The number of nitrogens with zero attached hydrogens (tertiary/aromatic N) is 4. The maximum absolute atomic E-state index is 13.5. The van der Waals surface area contributed by atoms with Crippen LogP contribution in [0.1, 0.15) is 23.0 Å². The van der Waals surface area contributed by atoms with Crippen molar-refractivity contribution in [2.75, 3.05) is 31.6 Å². The van der Waals surface area contributed by atoms with E-state index in [9.17, 15) is 4.79 Å². The van der Waals surface area contributed by atoms with E-state index in [1.807, 2.05) is 18.2 Å². The highest BCUT2D eigenvalue weighted by Crippen LogP contribution is 2.33. The molecule has 1 amide bonds. The maximum Gasteiger partial charge on any atom is 0.259 e. The summed E-state index contributed by atoms with van der Waals surface area (Å²) < 4.78 is 17.1. The molecule has 1 aliphatic heterocycles. The number of hydrogen-bond donors (Lipinski definition) is 0. The lowest BCUT2D eigenvalue weighted by atomic mass is 10.1. The van der Waals surface area contributed by atoms with Gasteiger partial charge >= 0.3 is 0 Å². The number of aromatic nitrogens is 2. The third kappa shape index (κ3) is 3.47. The summed E-state index contributed by atoms with van der Waals surface area (Å²) in [5.74, 6) is 1.25. The lowest BCUT2D eigenvalue weighted by molar-refractivity contribution is 0.0711. The van der Waals surface area contributed by atoms with E-state index in [0.29, 0.717) is 46.9 Å². The van der Waals surface area contributed by atoms with Gasteiger partial charge in [0.25, 0.3) is 11.6 Å². The van der Waals surface area contributed by atoms with Gasteiger partial charge in [-0.2, -0.15) is 0 Å². The Morgan fingerprint density at radius 2 is 2.09 bits per heavy atom. The summed E-state index contributed by atoms with van der Waals surface area (Å²) in [5, 5.41) is 4.63. The first kappa shape index (κ1) is 20.1. The van der Waals surface area contributed by atoms with Gasteiger partial charge in [-0.05, 0) is 44.2 Å². The molecule has 164 valence electrons. The zero-order valence-electron chi connectivity index (χ0n) is 18.2. The Morgan fingerprint density at radius 3 is 2.88 bits per heavy atom. The van der Waals surface area contributed by atoms with Gasteiger partial charge in [0.1, 0.15) is 17.5 Å². The van der Waals surface area contributed by atoms with Gasteiger partial charge in [0, 0.05) is 13.6 Å². The molecule has 0 aliphatic carbocycles. The van der Waals surface area contributed by atoms with Gasteiger partial charge in [-0.1, -0.05) is 17.3 Å². The molecule has 0 saturated carbocycles. The Hall–Kier alpha value is -3.81. The predicted octanol–water partition coefficient (Wildman–Crippen LogP) is 4.15. The van der Waals surface area contributed by atoms with Gasteiger partial charge in [0.2, 0.25) is 0 Å². The third-order valence-corrected chi connectivity index (χ3v) is 5.75. The van der Waals surface area contributed by atoms with Crippen LogP contribution in [0.3, 0.4) is 0 Å². The second kappa shape index (κ2) is 8.03. The lowest BCUT2D eigenvalue weighted by Gasteiger charge is -2.37. The Morgan fingerprint density at radius 1 is 1.25 bits per heavy atom. The van der Waals surface area contributed by atoms with Crippen LogP contribution in [0.2, 0.25) is 0 Å². The molecular formula is C24H24N4O4. The minimum absolute atomic E-state index is 0.149. The summed E-state index contributed by atoms with van der Waals surface area (Å²) in [7, 11) is 1.78. The van der Waals surface area contributed by atoms with Crippen LogP contribution in [0.15, 0.2) is 57.7 Å². The van der Waals surface area contributed by atoms with E-state index in [2.05, 4.69) is 28.0 Å². The Balaban J connectivity index is 1.44. The molecule has 1 aliphatic rings. The molecule has 3 aromatic heterocycles. The SMILES string of the molecule is CCN1C[C@H](CN(C)C(=O)c2cc(-c3ccco3)nc3onc(C)c23)Oc2ccccc21. The Labute approximate surface area is 185 Å². The number of rotatable bonds is 5. The summed E-state index contributed by atoms with van der Waals surface area (Å²) in [6.07, 6.45) is 1.42. The molecule has 0 saturated heterocycles. The summed E-state index contributed by atoms with van der Waals surface area (Å²) in [6, 6.07) is 13.3. The van der Waals surface area contributed by atoms with E-state index < -0.39 is 0 Å². The number of para-hydroxylation sites is 2. The van der Waals surface area contributed by atoms with Gasteiger partial charge < -0.3 is 23.5 Å². The van der Waals surface area contributed by atoms with E-state index in [1.54, 1.807) is 43.3 Å². The van der Waals surface area contributed by atoms with Crippen LogP contribution in [0, 0.1) is 6.92 Å². The van der Waals surface area contributed by atoms with Gasteiger partial charge in [-0.25, -0.2) is 4.98 Å². The number of benzene rings is 1. The predicted molar refractivity (Wildman–Crippen MR) is 120 cm³/mol. The number of furan rings is 1. The number of anilines is 1. The third-order valence-electron chi connectivity index (χ3n) is 5.75. The van der Waals surface area contributed by atoms with Crippen LogP contribution in [-0.2, 0) is 0 Å². The van der Waals surface area contributed by atoms with Gasteiger partial charge in [-0.3, -0.25) is 4.79 Å². The van der Waals surface area contributed by atoms with E-state index in [-0.39, 0.29) is 12.0 Å². The van der Waals surface area contributed by atoms with Crippen LogP contribution < -0.4 is 9.64 Å². The number of likely N-dealkylation sites (N-methyl/N-ethyl adjacent to an activating group) is 2. The molecule has 4 heterocycles. The van der Waals surface area contributed by atoms with Crippen LogP contribution in [-0.4, -0.2) is 53.7 Å². The van der Waals surface area contributed by atoms with Gasteiger partial charge in [0.05, 0.1) is 41.7 Å². The molecule has 0 N–H and O–H groups in total. The molecule has 8 nitrogen and oxygen atoms in total. The van der Waals surface area contributed by atoms with Crippen LogP contribution in [0.5, 0.6) is 5.75 Å². The topological polar surface area (TPSA) is 84.8 Å². The maximum atomic E-state index is 13.5. The molecule has 8 heteroatoms. The van der Waals surface area contributed by atoms with Crippen molar-refractivity contribution in [3.8, 4) is 17.2 Å². The molecule has 4 aromatic rings. The van der Waals surface area contributed by atoms with Crippen molar-refractivity contribution in [3.63, 3.8) is 0 Å². The highest BCUT2D eigenvalue weighted by atomic mass is 16.5. The van der Waals surface area contributed by atoms with Crippen molar-refractivity contribution in [2.45, 2.75) is 20.0 Å². The van der Waals surface area contributed by atoms with E-state index in [1.165, 1.54) is 0 Å². The fraction of sp³-hybridized carbons (Fsp3) is 0.292. The van der Waals surface area contributed by atoms with Gasteiger partial charge in [-0.15, -0.1) is 0 Å². The summed E-state index contributed by atoms with van der Waals surface area (Å²) in [5.41, 5.74) is 3.02. The number of carbonyl (C=O) groups excluding carboxylic acids is 1. The molecule has 32 heavy (non-hydrogen) atoms. The molecular weight excluding hydrogens is 408 g/mol. The van der Waals surface area contributed by atoms with Crippen LogP contribution in [0.4, 0.5) is 5.69 Å². The fourth-order valence-electron chi connectivity index (χ4n) is 4.18. The average Bonchev–Trinajstić information content (AvgIpc) is 3.48. The first-order valence-electron chi connectivity index (χ1n) is 10.6.